The summed E-state index contributed by atoms with van der Waals surface area (Å²) in [7, 11) is 0. The van der Waals surface area contributed by atoms with Gasteiger partial charge in [-0.2, -0.15) is 0 Å². The van der Waals surface area contributed by atoms with Gasteiger partial charge in [0, 0.05) is 6.07 Å². The maximum Gasteiger partial charge on any atom is 0.235 e. The molecule has 1 rings (SSSR count). The maximum absolute atomic E-state index is 12.1. The Hall–Kier alpha value is -2.44. The lowest BCUT2D eigenvalue weighted by molar-refractivity contribution is -0.117. The van der Waals surface area contributed by atoms with Gasteiger partial charge in [-0.05, 0) is 32.9 Å². The van der Waals surface area contributed by atoms with Crippen LogP contribution in [0.3, 0.4) is 0 Å². The summed E-state index contributed by atoms with van der Waals surface area (Å²) in [6, 6.07) is 5.15. The monoisotopic (exact) mass is 295 g/mol. The van der Waals surface area contributed by atoms with Crippen molar-refractivity contribution in [1.82, 2.24) is 0 Å². The summed E-state index contributed by atoms with van der Waals surface area (Å²) in [5.74, 6) is -0.180. The van der Waals surface area contributed by atoms with E-state index in [0.717, 1.165) is 0 Å². The first-order valence-corrected chi connectivity index (χ1v) is 6.71. The van der Waals surface area contributed by atoms with Gasteiger partial charge in [-0.1, -0.05) is 5.16 Å². The zero-order valence-corrected chi connectivity index (χ0v) is 12.4. The van der Waals surface area contributed by atoms with Crippen LogP contribution in [0.25, 0.3) is 0 Å². The van der Waals surface area contributed by atoms with Crippen LogP contribution in [0.2, 0.25) is 0 Å². The number of amidine groups is 1. The first kappa shape index (κ1) is 16.6. The molecule has 0 fully saturated rings. The van der Waals surface area contributed by atoms with Crippen molar-refractivity contribution in [1.29, 1.82) is 0 Å². The Kier molecular flexibility index (Phi) is 6.32. The van der Waals surface area contributed by atoms with E-state index < -0.39 is 11.8 Å². The van der Waals surface area contributed by atoms with Crippen LogP contribution in [-0.2, 0) is 4.79 Å². The van der Waals surface area contributed by atoms with Crippen LogP contribution >= 0.6 is 0 Å². The molecule has 0 aromatic heterocycles. The summed E-state index contributed by atoms with van der Waals surface area (Å²) in [5.41, 5.74) is 5.91. The molecule has 4 N–H and O–H groups in total. The van der Waals surface area contributed by atoms with E-state index in [0.29, 0.717) is 30.4 Å². The van der Waals surface area contributed by atoms with E-state index in [-0.39, 0.29) is 5.84 Å². The second-order valence-electron chi connectivity index (χ2n) is 4.26. The van der Waals surface area contributed by atoms with Crippen molar-refractivity contribution in [3.8, 4) is 11.5 Å². The molecule has 0 radical (unpaired) electrons. The Morgan fingerprint density at radius 1 is 1.38 bits per heavy atom. The number of rotatable bonds is 7. The van der Waals surface area contributed by atoms with Gasteiger partial charge < -0.3 is 25.7 Å². The summed E-state index contributed by atoms with van der Waals surface area (Å²) >= 11 is 0. The van der Waals surface area contributed by atoms with Crippen molar-refractivity contribution in [3.05, 3.63) is 18.2 Å². The molecule has 0 spiro atoms. The van der Waals surface area contributed by atoms with Gasteiger partial charge in [0.15, 0.2) is 5.84 Å². The quantitative estimate of drug-likeness (QED) is 0.308. The summed E-state index contributed by atoms with van der Waals surface area (Å²) in [6.45, 7) is 6.24. The fraction of sp³-hybridized carbons (Fsp3) is 0.429. The Morgan fingerprint density at radius 3 is 2.62 bits per heavy atom. The molecule has 1 atom stereocenters. The fourth-order valence-electron chi connectivity index (χ4n) is 1.61. The molecule has 7 heteroatoms. The largest absolute Gasteiger partial charge is 0.494 e. The normalized spacial score (nSPS) is 12.6. The van der Waals surface area contributed by atoms with Crippen molar-refractivity contribution in [2.45, 2.75) is 20.8 Å². The second-order valence-corrected chi connectivity index (χ2v) is 4.26. The molecule has 116 valence electrons. The van der Waals surface area contributed by atoms with E-state index in [1.165, 1.54) is 6.92 Å². The number of ether oxygens (including phenoxy) is 2. The highest BCUT2D eigenvalue weighted by molar-refractivity contribution is 6.07. The molecule has 1 unspecified atom stereocenters. The summed E-state index contributed by atoms with van der Waals surface area (Å²) < 4.78 is 10.9. The predicted octanol–water partition coefficient (Wildman–Crippen LogP) is 1.80. The molecule has 1 aromatic rings. The molecular formula is C14H21N3O4. The van der Waals surface area contributed by atoms with Gasteiger partial charge in [0.05, 0.1) is 24.8 Å². The van der Waals surface area contributed by atoms with Gasteiger partial charge in [-0.3, -0.25) is 4.79 Å². The Balaban J connectivity index is 2.97. The Bertz CT molecular complexity index is 517. The summed E-state index contributed by atoms with van der Waals surface area (Å²) in [6.07, 6.45) is 0. The van der Waals surface area contributed by atoms with Gasteiger partial charge in [0.2, 0.25) is 5.91 Å². The van der Waals surface area contributed by atoms with Crippen LogP contribution in [0.5, 0.6) is 11.5 Å². The third-order valence-electron chi connectivity index (χ3n) is 2.77. The number of amides is 1. The van der Waals surface area contributed by atoms with Crippen LogP contribution in [0.15, 0.2) is 23.4 Å². The number of carbonyl (C=O) groups excluding carboxylic acids is 1. The highest BCUT2D eigenvalue weighted by Crippen LogP contribution is 2.29. The van der Waals surface area contributed by atoms with Crippen LogP contribution in [0.1, 0.15) is 20.8 Å². The number of benzene rings is 1. The number of hydrogen-bond donors (Lipinski definition) is 3. The number of hydrogen-bond acceptors (Lipinski definition) is 5. The molecule has 0 saturated carbocycles. The summed E-state index contributed by atoms with van der Waals surface area (Å²) in [4.78, 5) is 12.1. The molecule has 0 bridgehead atoms. The van der Waals surface area contributed by atoms with Crippen LogP contribution in [0, 0.1) is 5.92 Å². The number of nitrogens with one attached hydrogen (secondary N) is 1. The standard InChI is InChI=1S/C14H21N3O4/c1-4-20-10-6-7-12(21-5-2)11(8-10)16-14(18)9(3)13(15)17-19/h6-9,19H,4-5H2,1-3H3,(H2,15,17)(H,16,18). The number of carbonyl (C=O) groups is 1. The first-order valence-electron chi connectivity index (χ1n) is 6.71. The van der Waals surface area contributed by atoms with Crippen molar-refractivity contribution in [3.63, 3.8) is 0 Å². The molecule has 1 aromatic carbocycles. The van der Waals surface area contributed by atoms with Crippen LogP contribution in [-0.4, -0.2) is 30.2 Å². The maximum atomic E-state index is 12.1. The van der Waals surface area contributed by atoms with Gasteiger partial charge in [0.1, 0.15) is 11.5 Å². The lowest BCUT2D eigenvalue weighted by Gasteiger charge is -2.15. The number of anilines is 1. The van der Waals surface area contributed by atoms with E-state index in [4.69, 9.17) is 20.4 Å². The predicted molar refractivity (Wildman–Crippen MR) is 80.0 cm³/mol. The number of nitrogens with zero attached hydrogens (tertiary/aromatic N) is 1. The summed E-state index contributed by atoms with van der Waals surface area (Å²) in [5, 5.41) is 14.1. The average molecular weight is 295 g/mol. The SMILES string of the molecule is CCOc1ccc(OCC)c(NC(=O)C(C)C(N)=NO)c1. The topological polar surface area (TPSA) is 106 Å². The molecule has 1 amide bonds. The molecule has 0 aliphatic heterocycles. The van der Waals surface area contributed by atoms with Gasteiger partial charge in [-0.15, -0.1) is 0 Å². The van der Waals surface area contributed by atoms with E-state index >= 15 is 0 Å². The molecule has 7 nitrogen and oxygen atoms in total. The van der Waals surface area contributed by atoms with Crippen molar-refractivity contribution in [2.75, 3.05) is 18.5 Å². The first-order chi connectivity index (χ1) is 10.0. The van der Waals surface area contributed by atoms with Crippen molar-refractivity contribution >= 4 is 17.4 Å². The van der Waals surface area contributed by atoms with E-state index in [2.05, 4.69) is 10.5 Å². The molecule has 0 heterocycles. The van der Waals surface area contributed by atoms with Crippen LogP contribution < -0.4 is 20.5 Å². The van der Waals surface area contributed by atoms with Crippen molar-refractivity contribution in [2.24, 2.45) is 16.8 Å². The molecule has 0 aliphatic rings. The van der Waals surface area contributed by atoms with E-state index in [1.807, 2.05) is 13.8 Å². The second kappa shape index (κ2) is 7.98. The lowest BCUT2D eigenvalue weighted by Crippen LogP contribution is -2.32. The Labute approximate surface area is 123 Å². The molecular weight excluding hydrogens is 274 g/mol. The van der Waals surface area contributed by atoms with E-state index in [1.54, 1.807) is 18.2 Å². The Morgan fingerprint density at radius 2 is 2.05 bits per heavy atom. The molecule has 0 saturated heterocycles. The van der Waals surface area contributed by atoms with E-state index in [9.17, 15) is 4.79 Å². The average Bonchev–Trinajstić information content (AvgIpc) is 2.48. The zero-order valence-electron chi connectivity index (χ0n) is 12.4. The minimum absolute atomic E-state index is 0.161. The smallest absolute Gasteiger partial charge is 0.235 e. The third kappa shape index (κ3) is 4.55. The minimum Gasteiger partial charge on any atom is -0.494 e. The fourth-order valence-corrected chi connectivity index (χ4v) is 1.61. The van der Waals surface area contributed by atoms with Gasteiger partial charge >= 0.3 is 0 Å². The van der Waals surface area contributed by atoms with Gasteiger partial charge in [-0.25, -0.2) is 0 Å². The van der Waals surface area contributed by atoms with Gasteiger partial charge in [0.25, 0.3) is 0 Å². The third-order valence-corrected chi connectivity index (χ3v) is 2.77. The molecule has 0 aliphatic carbocycles. The van der Waals surface area contributed by atoms with Crippen LogP contribution in [0.4, 0.5) is 5.69 Å². The highest BCUT2D eigenvalue weighted by atomic mass is 16.5. The highest BCUT2D eigenvalue weighted by Gasteiger charge is 2.19. The minimum atomic E-state index is -0.764. The molecule has 21 heavy (non-hydrogen) atoms. The number of nitrogens with two attached hydrogens (primary N) is 1. The number of oxime groups is 1. The van der Waals surface area contributed by atoms with Crippen molar-refractivity contribution < 1.29 is 19.5 Å². The zero-order chi connectivity index (χ0) is 15.8. The lowest BCUT2D eigenvalue weighted by atomic mass is 10.1.